The predicted molar refractivity (Wildman–Crippen MR) is 173 cm³/mol. The second kappa shape index (κ2) is 12.9. The van der Waals surface area contributed by atoms with Gasteiger partial charge in [0.05, 0.1) is 10.3 Å². The van der Waals surface area contributed by atoms with Crippen molar-refractivity contribution < 1.29 is 27.4 Å². The standard InChI is InChI=1S/C35H42N2O5S/c1-6-36-30-23-22-26(43(40,41)42)25-28(30)35(4,5)31(36)19-11-8-7-9-12-20-32-34(2,3)27-17-14-15-18-29(27)37(32)24-16-10-13-21-33(38)39/h7-9,11-12,14-15,17-20,22-23,25H,6,10,13,16,21,24H2,1-5H3,(H-,38,39,40,41,42)/p+1. The minimum Gasteiger partial charge on any atom is -0.481 e. The first-order valence-electron chi connectivity index (χ1n) is 14.9. The summed E-state index contributed by atoms with van der Waals surface area (Å²) in [5, 5.41) is 8.95. The number of unbranched alkanes of at least 4 members (excludes halogenated alkanes) is 2. The quantitative estimate of drug-likeness (QED) is 0.114. The Kier molecular flexibility index (Phi) is 9.62. The van der Waals surface area contributed by atoms with Gasteiger partial charge in [-0.1, -0.05) is 62.4 Å². The average molecular weight is 604 g/mol. The number of anilines is 1. The molecule has 0 fully saturated rings. The number of hydrogen-bond acceptors (Lipinski definition) is 4. The number of carboxylic acid groups (broad SMARTS) is 1. The van der Waals surface area contributed by atoms with E-state index in [2.05, 4.69) is 86.6 Å². The summed E-state index contributed by atoms with van der Waals surface area (Å²) >= 11 is 0. The number of likely N-dealkylation sites (N-methyl/N-ethyl adjacent to an activating group) is 1. The predicted octanol–water partition coefficient (Wildman–Crippen LogP) is 7.32. The molecule has 2 N–H and O–H groups in total. The number of hydrogen-bond donors (Lipinski definition) is 2. The zero-order chi connectivity index (χ0) is 31.4. The fraction of sp³-hybridized carbons (Fsp3) is 0.371. The second-order valence-corrected chi connectivity index (χ2v) is 13.5. The lowest BCUT2D eigenvalue weighted by atomic mass is 9.81. The molecule has 2 aromatic carbocycles. The number of carbonyl (C=O) groups is 1. The van der Waals surface area contributed by atoms with Crippen LogP contribution in [0.3, 0.4) is 0 Å². The van der Waals surface area contributed by atoms with Crippen LogP contribution in [0, 0.1) is 0 Å². The maximum atomic E-state index is 11.7. The highest BCUT2D eigenvalue weighted by molar-refractivity contribution is 7.85. The molecule has 0 unspecified atom stereocenters. The fourth-order valence-corrected chi connectivity index (χ4v) is 6.75. The summed E-state index contributed by atoms with van der Waals surface area (Å²) in [6, 6.07) is 13.3. The largest absolute Gasteiger partial charge is 0.481 e. The molecule has 0 bridgehead atoms. The maximum Gasteiger partial charge on any atom is 0.303 e. The van der Waals surface area contributed by atoms with Gasteiger partial charge < -0.3 is 10.0 Å². The van der Waals surface area contributed by atoms with E-state index in [4.69, 9.17) is 5.11 Å². The zero-order valence-electron chi connectivity index (χ0n) is 25.7. The van der Waals surface area contributed by atoms with E-state index in [1.807, 2.05) is 24.3 Å². The van der Waals surface area contributed by atoms with Crippen LogP contribution in [-0.2, 0) is 25.7 Å². The lowest BCUT2D eigenvalue weighted by Crippen LogP contribution is -2.27. The Balaban J connectivity index is 1.50. The molecule has 0 saturated heterocycles. The van der Waals surface area contributed by atoms with Crippen LogP contribution in [-0.4, -0.2) is 47.4 Å². The molecule has 4 rings (SSSR count). The van der Waals surface area contributed by atoms with Gasteiger partial charge in [-0.3, -0.25) is 9.35 Å². The van der Waals surface area contributed by atoms with Gasteiger partial charge in [0, 0.05) is 53.9 Å². The summed E-state index contributed by atoms with van der Waals surface area (Å²) in [6.07, 6.45) is 17.0. The van der Waals surface area contributed by atoms with Crippen molar-refractivity contribution in [2.24, 2.45) is 0 Å². The molecule has 0 amide bonds. The Hall–Kier alpha value is -3.75. The first kappa shape index (κ1) is 32.2. The molecule has 8 heteroatoms. The highest BCUT2D eigenvalue weighted by Crippen LogP contribution is 2.48. The molecule has 2 heterocycles. The molecule has 0 atom stereocenters. The van der Waals surface area contributed by atoms with Crippen molar-refractivity contribution in [3.05, 3.63) is 102 Å². The van der Waals surface area contributed by atoms with E-state index in [0.29, 0.717) is 6.42 Å². The molecular weight excluding hydrogens is 560 g/mol. The Morgan fingerprint density at radius 2 is 1.60 bits per heavy atom. The van der Waals surface area contributed by atoms with Crippen molar-refractivity contribution in [3.63, 3.8) is 0 Å². The second-order valence-electron chi connectivity index (χ2n) is 12.1. The van der Waals surface area contributed by atoms with Crippen LogP contribution >= 0.6 is 0 Å². The summed E-state index contributed by atoms with van der Waals surface area (Å²) < 4.78 is 35.4. The molecule has 0 radical (unpaired) electrons. The van der Waals surface area contributed by atoms with Gasteiger partial charge in [0.25, 0.3) is 10.1 Å². The SMILES string of the molecule is CCN1/C(=C/C=C/C=C/C=C/C2=[N+](CCCCCC(=O)O)c3ccccc3C2(C)C)C(C)(C)c2cc(S(=O)(=O)O)ccc21. The third-order valence-electron chi connectivity index (χ3n) is 8.50. The average Bonchev–Trinajstić information content (AvgIpc) is 3.29. The lowest BCUT2D eigenvalue weighted by molar-refractivity contribution is -0.438. The molecule has 0 spiro atoms. The van der Waals surface area contributed by atoms with Gasteiger partial charge in [-0.2, -0.15) is 13.0 Å². The smallest absolute Gasteiger partial charge is 0.303 e. The van der Waals surface area contributed by atoms with Gasteiger partial charge in [-0.25, -0.2) is 0 Å². The van der Waals surface area contributed by atoms with Crippen molar-refractivity contribution >= 4 is 33.2 Å². The lowest BCUT2D eigenvalue weighted by Gasteiger charge is -2.25. The Labute approximate surface area is 256 Å². The highest BCUT2D eigenvalue weighted by atomic mass is 32.2. The van der Waals surface area contributed by atoms with E-state index >= 15 is 0 Å². The van der Waals surface area contributed by atoms with E-state index in [1.165, 1.54) is 23.0 Å². The van der Waals surface area contributed by atoms with Crippen molar-refractivity contribution in [2.75, 3.05) is 18.0 Å². The van der Waals surface area contributed by atoms with Gasteiger partial charge in [-0.15, -0.1) is 0 Å². The molecule has 228 valence electrons. The minimum atomic E-state index is -4.28. The van der Waals surface area contributed by atoms with Crippen LogP contribution in [0.2, 0.25) is 0 Å². The number of fused-ring (bicyclic) bond motifs is 2. The summed E-state index contributed by atoms with van der Waals surface area (Å²) in [7, 11) is -4.28. The third kappa shape index (κ3) is 6.76. The molecule has 7 nitrogen and oxygen atoms in total. The van der Waals surface area contributed by atoms with Gasteiger partial charge in [0.2, 0.25) is 5.69 Å². The van der Waals surface area contributed by atoms with Crippen LogP contribution < -0.4 is 4.90 Å². The number of rotatable bonds is 12. The molecule has 43 heavy (non-hydrogen) atoms. The van der Waals surface area contributed by atoms with Crippen LogP contribution in [0.5, 0.6) is 0 Å². The Morgan fingerprint density at radius 1 is 0.907 bits per heavy atom. The zero-order valence-corrected chi connectivity index (χ0v) is 26.6. The first-order chi connectivity index (χ1) is 20.3. The summed E-state index contributed by atoms with van der Waals surface area (Å²) in [6.45, 7) is 12.2. The van der Waals surface area contributed by atoms with E-state index in [9.17, 15) is 17.8 Å². The van der Waals surface area contributed by atoms with Crippen LogP contribution in [0.4, 0.5) is 11.4 Å². The van der Waals surface area contributed by atoms with Crippen molar-refractivity contribution in [1.29, 1.82) is 0 Å². The van der Waals surface area contributed by atoms with Crippen LogP contribution in [0.1, 0.15) is 71.4 Å². The normalized spacial score (nSPS) is 18.5. The minimum absolute atomic E-state index is 0.0925. The topological polar surface area (TPSA) is 97.9 Å². The monoisotopic (exact) mass is 603 g/mol. The molecular formula is C35H43N2O5S+. The van der Waals surface area contributed by atoms with Crippen molar-refractivity contribution in [3.8, 4) is 0 Å². The van der Waals surface area contributed by atoms with Gasteiger partial charge in [-0.05, 0) is 63.5 Å². The van der Waals surface area contributed by atoms with Gasteiger partial charge >= 0.3 is 5.97 Å². The number of benzene rings is 2. The number of nitrogens with zero attached hydrogens (tertiary/aromatic N) is 2. The van der Waals surface area contributed by atoms with Gasteiger partial charge in [0.15, 0.2) is 5.71 Å². The van der Waals surface area contributed by atoms with E-state index in [0.717, 1.165) is 42.9 Å². The maximum absolute atomic E-state index is 11.7. The van der Waals surface area contributed by atoms with E-state index < -0.39 is 21.5 Å². The molecule has 0 aromatic heterocycles. The van der Waals surface area contributed by atoms with Crippen LogP contribution in [0.15, 0.2) is 95.6 Å². The van der Waals surface area contributed by atoms with Crippen molar-refractivity contribution in [1.82, 2.24) is 0 Å². The highest BCUT2D eigenvalue weighted by Gasteiger charge is 2.44. The Bertz CT molecular complexity index is 1640. The molecule has 0 aliphatic carbocycles. The summed E-state index contributed by atoms with van der Waals surface area (Å²) in [5.41, 5.74) is 6.01. The number of carboxylic acids is 1. The summed E-state index contributed by atoms with van der Waals surface area (Å²) in [5.74, 6) is -0.742. The van der Waals surface area contributed by atoms with Gasteiger partial charge in [0.1, 0.15) is 6.54 Å². The van der Waals surface area contributed by atoms with E-state index in [1.54, 1.807) is 12.1 Å². The third-order valence-corrected chi connectivity index (χ3v) is 9.35. The molecule has 2 aliphatic rings. The summed E-state index contributed by atoms with van der Waals surface area (Å²) in [4.78, 5) is 13.0. The Morgan fingerprint density at radius 3 is 2.30 bits per heavy atom. The van der Waals surface area contributed by atoms with Crippen molar-refractivity contribution in [2.45, 2.75) is 76.0 Å². The fourth-order valence-electron chi connectivity index (χ4n) is 6.25. The molecule has 2 aromatic rings. The molecule has 0 saturated carbocycles. The number of para-hydroxylation sites is 1. The number of allylic oxidation sites excluding steroid dienone is 8. The van der Waals surface area contributed by atoms with E-state index in [-0.39, 0.29) is 16.7 Å². The molecule has 2 aliphatic heterocycles. The van der Waals surface area contributed by atoms with Crippen LogP contribution in [0.25, 0.3) is 0 Å². The number of aliphatic carboxylic acids is 1. The first-order valence-corrected chi connectivity index (χ1v) is 16.3.